The first kappa shape index (κ1) is 16.9. The van der Waals surface area contributed by atoms with Gasteiger partial charge in [0.25, 0.3) is 5.56 Å². The molecule has 1 fully saturated rings. The van der Waals surface area contributed by atoms with Crippen LogP contribution in [0.25, 0.3) is 28.0 Å². The summed E-state index contributed by atoms with van der Waals surface area (Å²) in [6.45, 7) is 5.72. The molecule has 4 aromatic rings. The molecule has 0 bridgehead atoms. The molecule has 4 heterocycles. The largest absolute Gasteiger partial charge is 0.441 e. The van der Waals surface area contributed by atoms with Crippen LogP contribution in [0.4, 0.5) is 5.69 Å². The van der Waals surface area contributed by atoms with Crippen molar-refractivity contribution in [2.24, 2.45) is 0 Å². The van der Waals surface area contributed by atoms with E-state index in [-0.39, 0.29) is 5.56 Å². The molecule has 7 nitrogen and oxygen atoms in total. The van der Waals surface area contributed by atoms with E-state index in [1.54, 1.807) is 10.5 Å². The highest BCUT2D eigenvalue weighted by molar-refractivity contribution is 5.79. The lowest BCUT2D eigenvalue weighted by atomic mass is 10.1. The minimum atomic E-state index is -0.0938. The minimum absolute atomic E-state index is 0.0938. The van der Waals surface area contributed by atoms with Crippen LogP contribution < -0.4 is 15.8 Å². The van der Waals surface area contributed by atoms with Crippen molar-refractivity contribution >= 4 is 22.4 Å². The molecule has 3 aromatic heterocycles. The van der Waals surface area contributed by atoms with Gasteiger partial charge in [-0.1, -0.05) is 6.07 Å². The van der Waals surface area contributed by atoms with Gasteiger partial charge in [-0.3, -0.25) is 9.20 Å². The van der Waals surface area contributed by atoms with Gasteiger partial charge < -0.3 is 14.6 Å². The van der Waals surface area contributed by atoms with E-state index >= 15 is 0 Å². The summed E-state index contributed by atoms with van der Waals surface area (Å²) in [4.78, 5) is 24.1. The number of pyridine rings is 1. The van der Waals surface area contributed by atoms with E-state index in [0.29, 0.717) is 22.8 Å². The average molecular weight is 375 g/mol. The summed E-state index contributed by atoms with van der Waals surface area (Å²) in [5.41, 5.74) is 4.55. The second kappa shape index (κ2) is 6.76. The first-order valence-electron chi connectivity index (χ1n) is 9.54. The minimum Gasteiger partial charge on any atom is -0.441 e. The fourth-order valence-corrected chi connectivity index (χ4v) is 3.73. The van der Waals surface area contributed by atoms with E-state index in [4.69, 9.17) is 9.40 Å². The SMILES string of the molecule is Cc1nc2ccc(-c3cc(=O)n4cc(N5CCCNCC5)ccc4n3)cc2o1. The molecular weight excluding hydrogens is 354 g/mol. The number of nitrogens with zero attached hydrogens (tertiary/aromatic N) is 4. The van der Waals surface area contributed by atoms with Crippen molar-refractivity contribution in [1.29, 1.82) is 0 Å². The van der Waals surface area contributed by atoms with Crippen LogP contribution >= 0.6 is 0 Å². The van der Waals surface area contributed by atoms with E-state index < -0.39 is 0 Å². The van der Waals surface area contributed by atoms with E-state index in [1.807, 2.05) is 43.5 Å². The van der Waals surface area contributed by atoms with Crippen molar-refractivity contribution in [2.45, 2.75) is 13.3 Å². The summed E-state index contributed by atoms with van der Waals surface area (Å²) in [5.74, 6) is 0.620. The van der Waals surface area contributed by atoms with E-state index in [9.17, 15) is 4.79 Å². The van der Waals surface area contributed by atoms with Crippen LogP contribution in [0, 0.1) is 6.92 Å². The molecule has 0 aliphatic carbocycles. The number of benzene rings is 1. The molecule has 0 spiro atoms. The van der Waals surface area contributed by atoms with Crippen molar-refractivity contribution < 1.29 is 4.42 Å². The molecule has 1 N–H and O–H groups in total. The Morgan fingerprint density at radius 3 is 2.93 bits per heavy atom. The van der Waals surface area contributed by atoms with E-state index in [0.717, 1.165) is 49.4 Å². The lowest BCUT2D eigenvalue weighted by Crippen LogP contribution is -2.28. The summed E-state index contributed by atoms with van der Waals surface area (Å²) in [7, 11) is 0. The topological polar surface area (TPSA) is 75.7 Å². The number of aryl methyl sites for hydroxylation is 1. The lowest BCUT2D eigenvalue weighted by molar-refractivity contribution is 0.561. The van der Waals surface area contributed by atoms with Crippen LogP contribution in [0.1, 0.15) is 12.3 Å². The molecular formula is C21H21N5O2. The van der Waals surface area contributed by atoms with Gasteiger partial charge in [0.05, 0.1) is 11.4 Å². The number of oxazole rings is 1. The van der Waals surface area contributed by atoms with Gasteiger partial charge in [-0.05, 0) is 37.2 Å². The average Bonchev–Trinajstić information content (AvgIpc) is 2.89. The quantitative estimate of drug-likeness (QED) is 0.580. The Labute approximate surface area is 161 Å². The third-order valence-electron chi connectivity index (χ3n) is 5.14. The zero-order valence-corrected chi connectivity index (χ0v) is 15.7. The Morgan fingerprint density at radius 2 is 2.00 bits per heavy atom. The summed E-state index contributed by atoms with van der Waals surface area (Å²) < 4.78 is 7.23. The van der Waals surface area contributed by atoms with Gasteiger partial charge >= 0.3 is 0 Å². The highest BCUT2D eigenvalue weighted by atomic mass is 16.3. The Morgan fingerprint density at radius 1 is 1.07 bits per heavy atom. The van der Waals surface area contributed by atoms with Gasteiger partial charge in [0.2, 0.25) is 0 Å². The summed E-state index contributed by atoms with van der Waals surface area (Å²) in [6, 6.07) is 11.2. The van der Waals surface area contributed by atoms with Gasteiger partial charge in [-0.15, -0.1) is 0 Å². The molecule has 0 atom stereocenters. The number of hydrogen-bond acceptors (Lipinski definition) is 6. The molecule has 0 saturated carbocycles. The fraction of sp³-hybridized carbons (Fsp3) is 0.286. The molecule has 1 aliphatic heterocycles. The Kier molecular flexibility index (Phi) is 4.09. The van der Waals surface area contributed by atoms with Gasteiger partial charge in [-0.25, -0.2) is 9.97 Å². The van der Waals surface area contributed by atoms with Gasteiger partial charge in [0, 0.05) is 44.4 Å². The molecule has 0 amide bonds. The zero-order chi connectivity index (χ0) is 19.1. The normalized spacial score (nSPS) is 15.2. The van der Waals surface area contributed by atoms with Crippen LogP contribution in [-0.2, 0) is 0 Å². The summed E-state index contributed by atoms with van der Waals surface area (Å²) in [5, 5.41) is 3.40. The summed E-state index contributed by atoms with van der Waals surface area (Å²) >= 11 is 0. The van der Waals surface area contributed by atoms with E-state index in [2.05, 4.69) is 15.2 Å². The number of nitrogens with one attached hydrogen (secondary N) is 1. The monoisotopic (exact) mass is 375 g/mol. The molecule has 1 aliphatic rings. The second-order valence-corrected chi connectivity index (χ2v) is 7.10. The number of fused-ring (bicyclic) bond motifs is 2. The van der Waals surface area contributed by atoms with Crippen molar-refractivity contribution in [1.82, 2.24) is 19.7 Å². The molecule has 5 rings (SSSR count). The highest BCUT2D eigenvalue weighted by Gasteiger charge is 2.12. The van der Waals surface area contributed by atoms with Crippen LogP contribution in [-0.4, -0.2) is 40.5 Å². The number of anilines is 1. The Hall–Kier alpha value is -3.19. The molecule has 28 heavy (non-hydrogen) atoms. The maximum atomic E-state index is 12.8. The van der Waals surface area contributed by atoms with Crippen molar-refractivity contribution in [3.05, 3.63) is 58.8 Å². The molecule has 1 saturated heterocycles. The van der Waals surface area contributed by atoms with Crippen molar-refractivity contribution in [3.8, 4) is 11.3 Å². The first-order chi connectivity index (χ1) is 13.7. The number of aromatic nitrogens is 3. The standard InChI is InChI=1S/C21H21N5O2/c1-14-23-17-5-3-15(11-19(17)28-14)18-12-21(27)26-13-16(4-6-20(26)24-18)25-9-2-7-22-8-10-25/h3-6,11-13,22H,2,7-10H2,1H3. The molecule has 0 radical (unpaired) electrons. The number of rotatable bonds is 2. The van der Waals surface area contributed by atoms with E-state index in [1.165, 1.54) is 0 Å². The van der Waals surface area contributed by atoms with Gasteiger partial charge in [0.15, 0.2) is 11.5 Å². The molecule has 0 unspecified atom stereocenters. The van der Waals surface area contributed by atoms with Gasteiger partial charge in [0.1, 0.15) is 11.2 Å². The Balaban J connectivity index is 1.56. The third-order valence-corrected chi connectivity index (χ3v) is 5.14. The second-order valence-electron chi connectivity index (χ2n) is 7.10. The predicted octanol–water partition coefficient (Wildman–Crippen LogP) is 2.61. The highest BCUT2D eigenvalue weighted by Crippen LogP contribution is 2.24. The van der Waals surface area contributed by atoms with Gasteiger partial charge in [-0.2, -0.15) is 0 Å². The van der Waals surface area contributed by atoms with Crippen LogP contribution in [0.5, 0.6) is 0 Å². The molecule has 7 heteroatoms. The maximum Gasteiger partial charge on any atom is 0.258 e. The fourth-order valence-electron chi connectivity index (χ4n) is 3.73. The maximum absolute atomic E-state index is 12.8. The molecule has 1 aromatic carbocycles. The van der Waals surface area contributed by atoms with Crippen LogP contribution in [0.3, 0.4) is 0 Å². The molecule has 142 valence electrons. The van der Waals surface area contributed by atoms with Crippen LogP contribution in [0.15, 0.2) is 51.8 Å². The predicted molar refractivity (Wildman–Crippen MR) is 109 cm³/mol. The first-order valence-corrected chi connectivity index (χ1v) is 9.54. The Bertz CT molecular complexity index is 1220. The smallest absolute Gasteiger partial charge is 0.258 e. The third kappa shape index (κ3) is 3.03. The zero-order valence-electron chi connectivity index (χ0n) is 15.7. The summed E-state index contributed by atoms with van der Waals surface area (Å²) in [6.07, 6.45) is 2.98. The number of hydrogen-bond donors (Lipinski definition) is 1. The van der Waals surface area contributed by atoms with Crippen molar-refractivity contribution in [3.63, 3.8) is 0 Å². The van der Waals surface area contributed by atoms with Crippen molar-refractivity contribution in [2.75, 3.05) is 31.1 Å². The van der Waals surface area contributed by atoms with Crippen LogP contribution in [0.2, 0.25) is 0 Å². The lowest BCUT2D eigenvalue weighted by Gasteiger charge is -2.22.